The highest BCUT2D eigenvalue weighted by atomic mass is 16.5. The van der Waals surface area contributed by atoms with E-state index in [1.165, 1.54) is 32.1 Å². The quantitative estimate of drug-likeness (QED) is 0.404. The molecule has 0 radical (unpaired) electrons. The highest BCUT2D eigenvalue weighted by molar-refractivity contribution is 5.69. The number of nitrogens with one attached hydrogen (secondary N) is 1. The number of ether oxygens (including phenoxy) is 1. The van der Waals surface area contributed by atoms with Crippen LogP contribution in [0.25, 0.3) is 0 Å². The van der Waals surface area contributed by atoms with Crippen molar-refractivity contribution in [3.05, 3.63) is 0 Å². The molecule has 0 aliphatic rings. The molecule has 1 N–H and O–H groups in total. The third kappa shape index (κ3) is 13.5. The molecule has 0 aliphatic carbocycles. The Bertz CT molecular complexity index is 183. The SMILES string of the molecule is CCCCCC(=O)OCCCCCCCCNC. The van der Waals surface area contributed by atoms with Gasteiger partial charge in [-0.15, -0.1) is 0 Å². The lowest BCUT2D eigenvalue weighted by atomic mass is 10.1. The van der Waals surface area contributed by atoms with Gasteiger partial charge in [-0.3, -0.25) is 4.79 Å². The van der Waals surface area contributed by atoms with E-state index in [9.17, 15) is 4.79 Å². The van der Waals surface area contributed by atoms with Gasteiger partial charge < -0.3 is 10.1 Å². The van der Waals surface area contributed by atoms with E-state index in [-0.39, 0.29) is 5.97 Å². The number of unbranched alkanes of at least 4 members (excludes halogenated alkanes) is 7. The van der Waals surface area contributed by atoms with Crippen molar-refractivity contribution in [2.24, 2.45) is 0 Å². The smallest absolute Gasteiger partial charge is 0.305 e. The Morgan fingerprint density at radius 2 is 1.61 bits per heavy atom. The van der Waals surface area contributed by atoms with Crippen molar-refractivity contribution in [3.8, 4) is 0 Å². The Kier molecular flexibility index (Phi) is 14.0. The summed E-state index contributed by atoms with van der Waals surface area (Å²) in [5.74, 6) is -0.0162. The summed E-state index contributed by atoms with van der Waals surface area (Å²) in [5.41, 5.74) is 0. The van der Waals surface area contributed by atoms with E-state index in [0.717, 1.165) is 32.2 Å². The molecule has 108 valence electrons. The molecule has 0 aromatic rings. The van der Waals surface area contributed by atoms with Crippen LogP contribution in [-0.4, -0.2) is 26.2 Å². The molecular formula is C15H31NO2. The summed E-state index contributed by atoms with van der Waals surface area (Å²) in [7, 11) is 1.99. The second-order valence-corrected chi connectivity index (χ2v) is 4.90. The predicted molar refractivity (Wildman–Crippen MR) is 76.7 cm³/mol. The first-order valence-electron chi connectivity index (χ1n) is 7.61. The number of esters is 1. The summed E-state index contributed by atoms with van der Waals surface area (Å²) in [5, 5.41) is 3.15. The maximum Gasteiger partial charge on any atom is 0.305 e. The summed E-state index contributed by atoms with van der Waals surface area (Å²) < 4.78 is 5.18. The van der Waals surface area contributed by atoms with E-state index >= 15 is 0 Å². The van der Waals surface area contributed by atoms with Gasteiger partial charge in [0, 0.05) is 6.42 Å². The molecule has 0 aliphatic heterocycles. The molecule has 18 heavy (non-hydrogen) atoms. The minimum atomic E-state index is -0.0162. The van der Waals surface area contributed by atoms with Crippen molar-refractivity contribution in [3.63, 3.8) is 0 Å². The lowest BCUT2D eigenvalue weighted by Gasteiger charge is -2.04. The molecule has 0 spiro atoms. The second kappa shape index (κ2) is 14.5. The van der Waals surface area contributed by atoms with Crippen molar-refractivity contribution in [2.75, 3.05) is 20.2 Å². The van der Waals surface area contributed by atoms with Crippen LogP contribution in [0.5, 0.6) is 0 Å². The van der Waals surface area contributed by atoms with Crippen LogP contribution in [0.4, 0.5) is 0 Å². The van der Waals surface area contributed by atoms with E-state index in [1.54, 1.807) is 0 Å². The third-order valence-corrected chi connectivity index (χ3v) is 3.07. The molecule has 0 heterocycles. The zero-order chi connectivity index (χ0) is 13.5. The first-order valence-corrected chi connectivity index (χ1v) is 7.61. The Morgan fingerprint density at radius 1 is 0.944 bits per heavy atom. The van der Waals surface area contributed by atoms with Gasteiger partial charge in [-0.2, -0.15) is 0 Å². The monoisotopic (exact) mass is 257 g/mol. The molecule has 0 fully saturated rings. The molecular weight excluding hydrogens is 226 g/mol. The molecule has 3 nitrogen and oxygen atoms in total. The van der Waals surface area contributed by atoms with E-state index in [2.05, 4.69) is 12.2 Å². The van der Waals surface area contributed by atoms with Crippen LogP contribution in [0, 0.1) is 0 Å². The Hall–Kier alpha value is -0.570. The maximum absolute atomic E-state index is 11.3. The van der Waals surface area contributed by atoms with Gasteiger partial charge in [0.2, 0.25) is 0 Å². The molecule has 0 rings (SSSR count). The Morgan fingerprint density at radius 3 is 2.28 bits per heavy atom. The average molecular weight is 257 g/mol. The fourth-order valence-corrected chi connectivity index (χ4v) is 1.89. The largest absolute Gasteiger partial charge is 0.466 e. The highest BCUT2D eigenvalue weighted by Crippen LogP contribution is 2.06. The molecule has 0 aromatic carbocycles. The minimum Gasteiger partial charge on any atom is -0.466 e. The molecule has 0 amide bonds. The van der Waals surface area contributed by atoms with Gasteiger partial charge in [-0.25, -0.2) is 0 Å². The lowest BCUT2D eigenvalue weighted by molar-refractivity contribution is -0.143. The van der Waals surface area contributed by atoms with E-state index in [0.29, 0.717) is 13.0 Å². The summed E-state index contributed by atoms with van der Waals surface area (Å²) >= 11 is 0. The van der Waals surface area contributed by atoms with Crippen molar-refractivity contribution in [1.82, 2.24) is 5.32 Å². The minimum absolute atomic E-state index is 0.0162. The van der Waals surface area contributed by atoms with E-state index < -0.39 is 0 Å². The number of carbonyl (C=O) groups is 1. The van der Waals surface area contributed by atoms with Gasteiger partial charge in [0.05, 0.1) is 6.61 Å². The van der Waals surface area contributed by atoms with Crippen molar-refractivity contribution in [1.29, 1.82) is 0 Å². The van der Waals surface area contributed by atoms with Crippen LogP contribution < -0.4 is 5.32 Å². The zero-order valence-electron chi connectivity index (χ0n) is 12.3. The molecule has 0 saturated heterocycles. The topological polar surface area (TPSA) is 38.3 Å². The van der Waals surface area contributed by atoms with Gasteiger partial charge in [0.25, 0.3) is 0 Å². The number of carbonyl (C=O) groups excluding carboxylic acids is 1. The fourth-order valence-electron chi connectivity index (χ4n) is 1.89. The van der Waals surface area contributed by atoms with Crippen LogP contribution in [0.15, 0.2) is 0 Å². The van der Waals surface area contributed by atoms with Crippen LogP contribution in [0.1, 0.15) is 71.1 Å². The fraction of sp³-hybridized carbons (Fsp3) is 0.933. The summed E-state index contributed by atoms with van der Waals surface area (Å²) in [6, 6.07) is 0. The van der Waals surface area contributed by atoms with Gasteiger partial charge in [0.15, 0.2) is 0 Å². The van der Waals surface area contributed by atoms with Gasteiger partial charge in [-0.1, -0.05) is 45.4 Å². The zero-order valence-corrected chi connectivity index (χ0v) is 12.3. The first kappa shape index (κ1) is 17.4. The summed E-state index contributed by atoms with van der Waals surface area (Å²) in [6.07, 6.45) is 11.2. The second-order valence-electron chi connectivity index (χ2n) is 4.90. The van der Waals surface area contributed by atoms with Gasteiger partial charge in [-0.05, 0) is 32.9 Å². The lowest BCUT2D eigenvalue weighted by Crippen LogP contribution is -2.07. The number of hydrogen-bond donors (Lipinski definition) is 1. The standard InChI is InChI=1S/C15H31NO2/c1-3-4-9-12-15(17)18-14-11-8-6-5-7-10-13-16-2/h16H,3-14H2,1-2H3. The Labute approximate surface area is 113 Å². The van der Waals surface area contributed by atoms with Gasteiger partial charge >= 0.3 is 5.97 Å². The van der Waals surface area contributed by atoms with Crippen molar-refractivity contribution >= 4 is 5.97 Å². The van der Waals surface area contributed by atoms with Crippen LogP contribution in [-0.2, 0) is 9.53 Å². The van der Waals surface area contributed by atoms with Crippen LogP contribution >= 0.6 is 0 Å². The maximum atomic E-state index is 11.3. The van der Waals surface area contributed by atoms with E-state index in [4.69, 9.17) is 4.74 Å². The van der Waals surface area contributed by atoms with Crippen molar-refractivity contribution in [2.45, 2.75) is 71.1 Å². The first-order chi connectivity index (χ1) is 8.81. The normalized spacial score (nSPS) is 10.6. The highest BCUT2D eigenvalue weighted by Gasteiger charge is 2.01. The van der Waals surface area contributed by atoms with Crippen LogP contribution in [0.2, 0.25) is 0 Å². The summed E-state index contributed by atoms with van der Waals surface area (Å²) in [4.78, 5) is 11.3. The molecule has 0 saturated carbocycles. The number of hydrogen-bond acceptors (Lipinski definition) is 3. The Balaban J connectivity index is 3.08. The van der Waals surface area contributed by atoms with Gasteiger partial charge in [0.1, 0.15) is 0 Å². The van der Waals surface area contributed by atoms with Crippen molar-refractivity contribution < 1.29 is 9.53 Å². The van der Waals surface area contributed by atoms with Crippen LogP contribution in [0.3, 0.4) is 0 Å². The molecule has 0 unspecified atom stereocenters. The molecule has 3 heteroatoms. The molecule has 0 bridgehead atoms. The third-order valence-electron chi connectivity index (χ3n) is 3.07. The molecule has 0 aromatic heterocycles. The van der Waals surface area contributed by atoms with E-state index in [1.807, 2.05) is 7.05 Å². The molecule has 0 atom stereocenters. The summed E-state index contributed by atoms with van der Waals surface area (Å²) in [6.45, 7) is 3.87. The predicted octanol–water partition coefficient (Wildman–Crippen LogP) is 3.67. The number of rotatable bonds is 13. The average Bonchev–Trinajstić information content (AvgIpc) is 2.37.